The summed E-state index contributed by atoms with van der Waals surface area (Å²) in [4.78, 5) is 25.8. The highest BCUT2D eigenvalue weighted by Crippen LogP contribution is 2.33. The normalized spacial score (nSPS) is 14.2. The predicted molar refractivity (Wildman–Crippen MR) is 155 cm³/mol. The molecule has 0 spiro atoms. The number of imidazole rings is 1. The zero-order valence-electron chi connectivity index (χ0n) is 24.1. The lowest BCUT2D eigenvalue weighted by Gasteiger charge is -2.33. The number of hydrogen-bond donors (Lipinski definition) is 0. The number of aryl methyl sites for hydroxylation is 1. The van der Waals surface area contributed by atoms with E-state index in [4.69, 9.17) is 19.8 Å². The highest BCUT2D eigenvalue weighted by Gasteiger charge is 2.29. The molecule has 4 aromatic rings. The van der Waals surface area contributed by atoms with Crippen LogP contribution in [0.3, 0.4) is 0 Å². The first-order valence-corrected chi connectivity index (χ1v) is 13.8. The van der Waals surface area contributed by atoms with Crippen LogP contribution in [0.4, 0.5) is 20.8 Å². The first-order chi connectivity index (χ1) is 19.6. The largest absolute Gasteiger partial charge is 0.444 e. The van der Waals surface area contributed by atoms with Crippen molar-refractivity contribution in [3.63, 3.8) is 0 Å². The minimum absolute atomic E-state index is 0.179. The molecule has 5 rings (SSSR count). The van der Waals surface area contributed by atoms with Gasteiger partial charge in [0, 0.05) is 31.6 Å². The molecule has 4 heterocycles. The Hall–Kier alpha value is -4.52. The number of amides is 1. The molecule has 1 saturated heterocycles. The quantitative estimate of drug-likeness (QED) is 0.287. The van der Waals surface area contributed by atoms with Gasteiger partial charge in [0.1, 0.15) is 17.5 Å². The third-order valence-electron chi connectivity index (χ3n) is 7.21. The van der Waals surface area contributed by atoms with Crippen molar-refractivity contribution in [1.29, 1.82) is 5.26 Å². The predicted octanol–water partition coefficient (Wildman–Crippen LogP) is 6.25. The zero-order chi connectivity index (χ0) is 29.3. The number of benzene rings is 1. The number of piperidine rings is 1. The van der Waals surface area contributed by atoms with Gasteiger partial charge in [-0.25, -0.2) is 19.2 Å². The molecule has 1 fully saturated rings. The van der Waals surface area contributed by atoms with Crippen LogP contribution in [0.15, 0.2) is 48.5 Å². The van der Waals surface area contributed by atoms with Gasteiger partial charge in [0.25, 0.3) is 0 Å². The third kappa shape index (κ3) is 5.85. The van der Waals surface area contributed by atoms with E-state index in [1.165, 1.54) is 12.1 Å². The number of halogens is 1. The van der Waals surface area contributed by atoms with Crippen molar-refractivity contribution < 1.29 is 13.9 Å². The minimum Gasteiger partial charge on any atom is -0.444 e. The molecule has 0 radical (unpaired) electrons. The SMILES string of the molecule is CCc1nc2ccc(C3CCN(C(=O)OC(C)(C)C)CC3)nn2c1N(C)c1nc(-c2ccc(F)cc2)ccc1C#N. The summed E-state index contributed by atoms with van der Waals surface area (Å²) in [6.45, 7) is 8.84. The van der Waals surface area contributed by atoms with Gasteiger partial charge in [0.05, 0.1) is 22.6 Å². The standard InChI is InChI=1S/C31H34FN7O2/c1-6-24-29(37(5)28-22(19-33)9-12-25(35-28)20-7-10-23(32)11-8-20)39-27(34-24)14-13-26(36-39)21-15-17-38(18-16-21)30(40)41-31(2,3)4/h7-14,21H,6,15-18H2,1-5H3. The molecule has 10 heteroatoms. The fourth-order valence-corrected chi connectivity index (χ4v) is 5.13. The smallest absolute Gasteiger partial charge is 0.410 e. The van der Waals surface area contributed by atoms with E-state index in [1.807, 2.05) is 56.3 Å². The molecule has 1 amide bonds. The van der Waals surface area contributed by atoms with Crippen LogP contribution in [-0.4, -0.2) is 56.3 Å². The lowest BCUT2D eigenvalue weighted by atomic mass is 9.93. The average molecular weight is 556 g/mol. The monoisotopic (exact) mass is 555 g/mol. The second-order valence-corrected chi connectivity index (χ2v) is 11.3. The van der Waals surface area contributed by atoms with Crippen molar-refractivity contribution in [2.45, 2.75) is 58.5 Å². The topological polar surface area (TPSA) is 99.7 Å². The molecule has 1 aliphatic heterocycles. The number of nitriles is 1. The van der Waals surface area contributed by atoms with Crippen LogP contribution in [0.2, 0.25) is 0 Å². The van der Waals surface area contributed by atoms with Crippen molar-refractivity contribution in [3.8, 4) is 17.3 Å². The van der Waals surface area contributed by atoms with Crippen LogP contribution < -0.4 is 4.90 Å². The molecule has 212 valence electrons. The molecule has 0 aliphatic carbocycles. The number of hydrogen-bond acceptors (Lipinski definition) is 7. The van der Waals surface area contributed by atoms with Gasteiger partial charge in [-0.15, -0.1) is 0 Å². The molecule has 0 saturated carbocycles. The van der Waals surface area contributed by atoms with Crippen LogP contribution in [0.5, 0.6) is 0 Å². The van der Waals surface area contributed by atoms with Gasteiger partial charge in [0.2, 0.25) is 0 Å². The van der Waals surface area contributed by atoms with Crippen molar-refractivity contribution in [1.82, 2.24) is 24.5 Å². The minimum atomic E-state index is -0.528. The Bertz CT molecular complexity index is 1610. The van der Waals surface area contributed by atoms with Gasteiger partial charge in [-0.2, -0.15) is 14.9 Å². The maximum atomic E-state index is 13.5. The summed E-state index contributed by atoms with van der Waals surface area (Å²) >= 11 is 0. The molecule has 1 aromatic carbocycles. The number of carbonyl (C=O) groups is 1. The van der Waals surface area contributed by atoms with Gasteiger partial charge < -0.3 is 14.5 Å². The average Bonchev–Trinajstić information content (AvgIpc) is 3.34. The van der Waals surface area contributed by atoms with E-state index >= 15 is 0 Å². The molecule has 0 atom stereocenters. The van der Waals surface area contributed by atoms with E-state index in [-0.39, 0.29) is 17.8 Å². The van der Waals surface area contributed by atoms with Crippen LogP contribution in [-0.2, 0) is 11.2 Å². The van der Waals surface area contributed by atoms with Gasteiger partial charge in [0.15, 0.2) is 17.3 Å². The molecule has 0 bridgehead atoms. The van der Waals surface area contributed by atoms with Gasteiger partial charge in [-0.1, -0.05) is 6.92 Å². The lowest BCUT2D eigenvalue weighted by molar-refractivity contribution is 0.0204. The van der Waals surface area contributed by atoms with Crippen molar-refractivity contribution in [2.75, 3.05) is 25.0 Å². The molecule has 0 N–H and O–H groups in total. The van der Waals surface area contributed by atoms with Gasteiger partial charge in [-0.05, 0) is 88.6 Å². The number of carbonyl (C=O) groups excluding carboxylic acids is 1. The highest BCUT2D eigenvalue weighted by molar-refractivity contribution is 5.71. The molecular formula is C31H34FN7O2. The number of anilines is 2. The first kappa shape index (κ1) is 28.0. The number of pyridine rings is 1. The summed E-state index contributed by atoms with van der Waals surface area (Å²) in [6, 6.07) is 15.8. The second kappa shape index (κ2) is 11.2. The Morgan fingerprint density at radius 2 is 1.80 bits per heavy atom. The van der Waals surface area contributed by atoms with E-state index in [2.05, 4.69) is 6.07 Å². The Labute approximate surface area is 239 Å². The van der Waals surface area contributed by atoms with E-state index in [0.717, 1.165) is 35.6 Å². The number of likely N-dealkylation sites (tertiary alicyclic amines) is 1. The Morgan fingerprint density at radius 1 is 1.10 bits per heavy atom. The first-order valence-electron chi connectivity index (χ1n) is 13.8. The summed E-state index contributed by atoms with van der Waals surface area (Å²) in [7, 11) is 1.86. The van der Waals surface area contributed by atoms with E-state index < -0.39 is 5.60 Å². The fourth-order valence-electron chi connectivity index (χ4n) is 5.13. The van der Waals surface area contributed by atoms with E-state index in [0.29, 0.717) is 42.2 Å². The van der Waals surface area contributed by atoms with Crippen LogP contribution in [0.25, 0.3) is 16.9 Å². The highest BCUT2D eigenvalue weighted by atomic mass is 19.1. The van der Waals surface area contributed by atoms with Gasteiger partial charge in [-0.3, -0.25) is 0 Å². The molecule has 9 nitrogen and oxygen atoms in total. The van der Waals surface area contributed by atoms with Crippen LogP contribution in [0.1, 0.15) is 63.4 Å². The summed E-state index contributed by atoms with van der Waals surface area (Å²) in [5.74, 6) is 1.05. The Balaban J connectivity index is 1.47. The molecule has 3 aromatic heterocycles. The Morgan fingerprint density at radius 3 is 2.44 bits per heavy atom. The Kier molecular flexibility index (Phi) is 7.63. The maximum absolute atomic E-state index is 13.5. The molecular weight excluding hydrogens is 521 g/mol. The summed E-state index contributed by atoms with van der Waals surface area (Å²) < 4.78 is 20.9. The number of fused-ring (bicyclic) bond motifs is 1. The van der Waals surface area contributed by atoms with E-state index in [9.17, 15) is 14.4 Å². The van der Waals surface area contributed by atoms with Crippen molar-refractivity contribution >= 4 is 23.4 Å². The third-order valence-corrected chi connectivity index (χ3v) is 7.21. The molecule has 41 heavy (non-hydrogen) atoms. The van der Waals surface area contributed by atoms with Gasteiger partial charge >= 0.3 is 6.09 Å². The number of rotatable bonds is 5. The number of aromatic nitrogens is 4. The zero-order valence-corrected chi connectivity index (χ0v) is 24.1. The van der Waals surface area contributed by atoms with E-state index in [1.54, 1.807) is 29.2 Å². The maximum Gasteiger partial charge on any atom is 0.410 e. The number of ether oxygens (including phenoxy) is 1. The van der Waals surface area contributed by atoms with Crippen molar-refractivity contribution in [3.05, 3.63) is 71.3 Å². The fraction of sp³-hybridized carbons (Fsp3) is 0.387. The second-order valence-electron chi connectivity index (χ2n) is 11.3. The van der Waals surface area contributed by atoms with Crippen LogP contribution in [0, 0.1) is 17.1 Å². The summed E-state index contributed by atoms with van der Waals surface area (Å²) in [6.07, 6.45) is 1.93. The van der Waals surface area contributed by atoms with Crippen LogP contribution >= 0.6 is 0 Å². The molecule has 0 unspecified atom stereocenters. The lowest BCUT2D eigenvalue weighted by Crippen LogP contribution is -2.41. The summed E-state index contributed by atoms with van der Waals surface area (Å²) in [5.41, 5.74) is 3.70. The van der Waals surface area contributed by atoms with Crippen molar-refractivity contribution in [2.24, 2.45) is 0 Å². The number of nitrogens with zero attached hydrogens (tertiary/aromatic N) is 7. The summed E-state index contributed by atoms with van der Waals surface area (Å²) in [5, 5.41) is 14.9. The molecule has 1 aliphatic rings.